The maximum absolute atomic E-state index is 5.07. The molecule has 1 aliphatic rings. The van der Waals surface area contributed by atoms with Crippen molar-refractivity contribution in [2.45, 2.75) is 84.3 Å². The molecule has 5 rings (SSSR count). The topological polar surface area (TPSA) is 95.0 Å². The Labute approximate surface area is 293 Å². The zero-order valence-corrected chi connectivity index (χ0v) is 30.3. The largest absolute Gasteiger partial charge is 0.381 e. The summed E-state index contributed by atoms with van der Waals surface area (Å²) in [6.07, 6.45) is 6.72. The highest BCUT2D eigenvalue weighted by atomic mass is 15.2. The molecule has 2 aromatic heterocycles. The van der Waals surface area contributed by atoms with Crippen molar-refractivity contribution in [2.24, 2.45) is 5.92 Å². The minimum Gasteiger partial charge on any atom is -0.381 e. The van der Waals surface area contributed by atoms with Crippen LogP contribution < -0.4 is 21.3 Å². The van der Waals surface area contributed by atoms with E-state index in [9.17, 15) is 0 Å². The maximum Gasteiger partial charge on any atom is 0.179 e. The van der Waals surface area contributed by atoms with Crippen LogP contribution in [0.1, 0.15) is 89.2 Å². The van der Waals surface area contributed by atoms with Crippen molar-refractivity contribution < 1.29 is 0 Å². The Bertz CT molecular complexity index is 1580. The monoisotopic (exact) mass is 663 g/mol. The van der Waals surface area contributed by atoms with Crippen LogP contribution in [0.2, 0.25) is 0 Å². The lowest BCUT2D eigenvalue weighted by molar-refractivity contribution is 0.177. The molecule has 49 heavy (non-hydrogen) atoms. The van der Waals surface area contributed by atoms with Gasteiger partial charge in [0, 0.05) is 56.8 Å². The molecule has 1 fully saturated rings. The third-order valence-corrected chi connectivity index (χ3v) is 9.89. The highest BCUT2D eigenvalue weighted by Gasteiger charge is 2.27. The average Bonchev–Trinajstić information content (AvgIpc) is 3.76. The van der Waals surface area contributed by atoms with Crippen LogP contribution in [-0.2, 0) is 0 Å². The molecule has 4 aromatic rings. The Hall–Kier alpha value is -4.37. The number of imidazole rings is 1. The van der Waals surface area contributed by atoms with Gasteiger partial charge in [0.05, 0.1) is 17.8 Å². The summed E-state index contributed by atoms with van der Waals surface area (Å²) in [6, 6.07) is 22.7. The lowest BCUT2D eigenvalue weighted by Gasteiger charge is -2.30. The van der Waals surface area contributed by atoms with Gasteiger partial charge in [0.1, 0.15) is 5.52 Å². The van der Waals surface area contributed by atoms with Gasteiger partial charge in [-0.25, -0.2) is 15.0 Å². The minimum absolute atomic E-state index is 0.144. The lowest BCUT2D eigenvalue weighted by atomic mass is 9.91. The van der Waals surface area contributed by atoms with Gasteiger partial charge in [0.2, 0.25) is 0 Å². The van der Waals surface area contributed by atoms with Gasteiger partial charge < -0.3 is 25.8 Å². The van der Waals surface area contributed by atoms with Crippen LogP contribution in [0, 0.1) is 5.92 Å². The van der Waals surface area contributed by atoms with Crippen LogP contribution >= 0.6 is 0 Å². The van der Waals surface area contributed by atoms with E-state index in [1.165, 1.54) is 24.0 Å². The van der Waals surface area contributed by atoms with Crippen LogP contribution in [0.5, 0.6) is 0 Å². The van der Waals surface area contributed by atoms with Gasteiger partial charge in [-0.1, -0.05) is 87.2 Å². The number of nitrogens with one attached hydrogen (secondary N) is 4. The molecule has 0 saturated heterocycles. The number of aromatic nitrogens is 4. The quantitative estimate of drug-likeness (QED) is 0.0787. The predicted octanol–water partition coefficient (Wildman–Crippen LogP) is 7.15. The normalized spacial score (nSPS) is 16.2. The average molecular weight is 664 g/mol. The molecular formula is C40H57N9. The summed E-state index contributed by atoms with van der Waals surface area (Å²) < 4.78 is 2.28. The highest BCUT2D eigenvalue weighted by molar-refractivity contribution is 5.84. The number of nitrogens with zero attached hydrogens (tertiary/aromatic N) is 5. The third-order valence-electron chi connectivity index (χ3n) is 9.89. The van der Waals surface area contributed by atoms with Gasteiger partial charge in [-0.05, 0) is 64.0 Å². The number of benzene rings is 2. The second-order valence-electron chi connectivity index (χ2n) is 13.9. The van der Waals surface area contributed by atoms with Crippen LogP contribution in [0.4, 0.5) is 5.82 Å². The maximum atomic E-state index is 5.07. The van der Waals surface area contributed by atoms with Gasteiger partial charge in [-0.2, -0.15) is 0 Å². The summed E-state index contributed by atoms with van der Waals surface area (Å²) in [5.74, 6) is 3.03. The molecule has 9 nitrogen and oxygen atoms in total. The number of fused-ring (bicyclic) bond motifs is 1. The molecule has 2 aromatic carbocycles. The molecule has 0 bridgehead atoms. The number of rotatable bonds is 19. The molecule has 0 amide bonds. The Morgan fingerprint density at radius 3 is 2.10 bits per heavy atom. The molecule has 9 heteroatoms. The lowest BCUT2D eigenvalue weighted by Crippen LogP contribution is -2.42. The zero-order valence-electron chi connectivity index (χ0n) is 30.3. The van der Waals surface area contributed by atoms with E-state index < -0.39 is 0 Å². The number of hydrogen-bond acceptors (Lipinski definition) is 8. The van der Waals surface area contributed by atoms with E-state index in [1.807, 2.05) is 6.33 Å². The smallest absolute Gasteiger partial charge is 0.179 e. The molecule has 2 unspecified atom stereocenters. The van der Waals surface area contributed by atoms with Crippen molar-refractivity contribution in [3.05, 3.63) is 103 Å². The Morgan fingerprint density at radius 1 is 0.857 bits per heavy atom. The van der Waals surface area contributed by atoms with E-state index in [1.54, 1.807) is 0 Å². The fourth-order valence-corrected chi connectivity index (χ4v) is 7.13. The molecule has 2 heterocycles. The molecule has 0 radical (unpaired) electrons. The summed E-state index contributed by atoms with van der Waals surface area (Å²) in [5, 5.41) is 13.9. The summed E-state index contributed by atoms with van der Waals surface area (Å²) >= 11 is 0. The first kappa shape index (κ1) is 35.9. The van der Waals surface area contributed by atoms with Crippen LogP contribution in [-0.4, -0.2) is 69.2 Å². The molecule has 2 atom stereocenters. The van der Waals surface area contributed by atoms with Crippen LogP contribution in [0.25, 0.3) is 16.9 Å². The predicted molar refractivity (Wildman–Crippen MR) is 204 cm³/mol. The molecule has 0 spiro atoms. The van der Waals surface area contributed by atoms with Gasteiger partial charge in [0.15, 0.2) is 17.3 Å². The first-order valence-corrected chi connectivity index (χ1v) is 18.2. The van der Waals surface area contributed by atoms with E-state index in [-0.39, 0.29) is 5.92 Å². The van der Waals surface area contributed by atoms with Crippen molar-refractivity contribution in [2.75, 3.05) is 38.0 Å². The summed E-state index contributed by atoms with van der Waals surface area (Å²) in [4.78, 5) is 17.4. The molecule has 1 saturated carbocycles. The minimum atomic E-state index is 0.144. The second-order valence-corrected chi connectivity index (χ2v) is 13.9. The van der Waals surface area contributed by atoms with Crippen molar-refractivity contribution in [1.29, 1.82) is 0 Å². The summed E-state index contributed by atoms with van der Waals surface area (Å²) in [5.41, 5.74) is 4.85. The van der Waals surface area contributed by atoms with Crippen molar-refractivity contribution in [1.82, 2.24) is 40.4 Å². The SMILES string of the molecule is C=C(NCCNC(=C)c1nc(NCC(c2ccccc2)c2ccccc2)c2ncn(C3CCC(CC)C3)c2n1)NCCN(C(C)C)C(C)C. The zero-order chi connectivity index (χ0) is 34.8. The second kappa shape index (κ2) is 17.3. The van der Waals surface area contributed by atoms with Crippen LogP contribution in [0.15, 0.2) is 86.0 Å². The molecule has 4 N–H and O–H groups in total. The molecular weight excluding hydrogens is 607 g/mol. The molecule has 1 aliphatic carbocycles. The van der Waals surface area contributed by atoms with Crippen molar-refractivity contribution in [3.8, 4) is 0 Å². The van der Waals surface area contributed by atoms with Gasteiger partial charge in [0.25, 0.3) is 0 Å². The number of anilines is 1. The van der Waals surface area contributed by atoms with E-state index >= 15 is 0 Å². The third kappa shape index (κ3) is 9.41. The fourth-order valence-electron chi connectivity index (χ4n) is 7.13. The van der Waals surface area contributed by atoms with E-state index in [4.69, 9.17) is 15.0 Å². The van der Waals surface area contributed by atoms with Gasteiger partial charge in [-0.15, -0.1) is 0 Å². The summed E-state index contributed by atoms with van der Waals surface area (Å²) in [7, 11) is 0. The van der Waals surface area contributed by atoms with E-state index in [2.05, 4.69) is 139 Å². The van der Waals surface area contributed by atoms with Crippen molar-refractivity contribution >= 4 is 22.7 Å². The summed E-state index contributed by atoms with van der Waals surface area (Å²) in [6.45, 7) is 23.6. The molecule has 262 valence electrons. The first-order chi connectivity index (χ1) is 23.7. The van der Waals surface area contributed by atoms with Crippen LogP contribution in [0.3, 0.4) is 0 Å². The first-order valence-electron chi connectivity index (χ1n) is 18.2. The van der Waals surface area contributed by atoms with Crippen molar-refractivity contribution in [3.63, 3.8) is 0 Å². The Kier molecular flexibility index (Phi) is 12.7. The van der Waals surface area contributed by atoms with E-state index in [0.717, 1.165) is 54.7 Å². The Balaban J connectivity index is 1.29. The molecule has 0 aliphatic heterocycles. The number of hydrogen-bond donors (Lipinski definition) is 4. The van der Waals surface area contributed by atoms with Gasteiger partial charge >= 0.3 is 0 Å². The fraction of sp³-hybridized carbons (Fsp3) is 0.475. The Morgan fingerprint density at radius 2 is 1.49 bits per heavy atom. The van der Waals surface area contributed by atoms with Gasteiger partial charge in [-0.3, -0.25) is 4.90 Å². The highest BCUT2D eigenvalue weighted by Crippen LogP contribution is 2.38. The van der Waals surface area contributed by atoms with E-state index in [0.29, 0.717) is 49.3 Å². The standard InChI is InChI=1S/C40H57N9/c1-8-32-19-20-35(25-32)49-27-45-37-39(44-26-36(33-15-11-9-12-16-33)34-17-13-10-14-18-34)46-38(47-40(37)49)30(6)41-21-22-42-31(7)43-23-24-48(28(2)3)29(4)5/h9-18,27-29,32,35-36,41-43H,6-8,19-26H2,1-5H3,(H,44,46,47).